The third-order valence-electron chi connectivity index (χ3n) is 3.74. The topological polar surface area (TPSA) is 29.5 Å². The van der Waals surface area contributed by atoms with E-state index in [2.05, 4.69) is 18.2 Å². The number of ether oxygens (including phenoxy) is 1. The maximum Gasteiger partial charge on any atom is 0.232 e. The number of hydrogen-bond acceptors (Lipinski definition) is 2. The molecule has 1 aliphatic heterocycles. The van der Waals surface area contributed by atoms with E-state index in [0.29, 0.717) is 13.2 Å². The van der Waals surface area contributed by atoms with Crippen molar-refractivity contribution in [3.05, 3.63) is 42.5 Å². The Morgan fingerprint density at radius 3 is 2.79 bits per heavy atom. The van der Waals surface area contributed by atoms with E-state index >= 15 is 0 Å². The molecule has 2 aromatic rings. The second-order valence-corrected chi connectivity index (χ2v) is 4.96. The normalized spacial score (nSPS) is 18.7. The monoisotopic (exact) mass is 255 g/mol. The van der Waals surface area contributed by atoms with Crippen molar-refractivity contribution in [2.45, 2.75) is 6.42 Å². The Hall–Kier alpha value is -1.87. The standard InChI is InChI=1S/C16H17NO2/c1-17(16(18)13-9-10-19-11-13)15-8-4-6-12-5-2-3-7-14(12)15/h2-8,13H,9-11H2,1H3. The van der Waals surface area contributed by atoms with Crippen molar-refractivity contribution in [1.29, 1.82) is 0 Å². The second kappa shape index (κ2) is 5.02. The number of nitrogens with zero attached hydrogens (tertiary/aromatic N) is 1. The fourth-order valence-corrected chi connectivity index (χ4v) is 2.62. The van der Waals surface area contributed by atoms with Gasteiger partial charge in [0.25, 0.3) is 0 Å². The van der Waals surface area contributed by atoms with Crippen LogP contribution in [0.15, 0.2) is 42.5 Å². The SMILES string of the molecule is CN(C(=O)C1CCOC1)c1cccc2ccccc12. The molecular weight excluding hydrogens is 238 g/mol. The highest BCUT2D eigenvalue weighted by Crippen LogP contribution is 2.27. The van der Waals surface area contributed by atoms with E-state index < -0.39 is 0 Å². The van der Waals surface area contributed by atoms with Gasteiger partial charge in [-0.15, -0.1) is 0 Å². The van der Waals surface area contributed by atoms with Crippen LogP contribution in [-0.2, 0) is 9.53 Å². The van der Waals surface area contributed by atoms with Gasteiger partial charge >= 0.3 is 0 Å². The Morgan fingerprint density at radius 2 is 2.00 bits per heavy atom. The summed E-state index contributed by atoms with van der Waals surface area (Å²) in [6.07, 6.45) is 0.827. The first kappa shape index (κ1) is 12.2. The largest absolute Gasteiger partial charge is 0.381 e. The molecular formula is C16H17NO2. The van der Waals surface area contributed by atoms with E-state index in [4.69, 9.17) is 4.74 Å². The molecule has 1 saturated heterocycles. The number of hydrogen-bond donors (Lipinski definition) is 0. The van der Waals surface area contributed by atoms with E-state index in [9.17, 15) is 4.79 Å². The Morgan fingerprint density at radius 1 is 1.21 bits per heavy atom. The minimum Gasteiger partial charge on any atom is -0.381 e. The van der Waals surface area contributed by atoms with Crippen LogP contribution in [-0.4, -0.2) is 26.2 Å². The van der Waals surface area contributed by atoms with Crippen LogP contribution >= 0.6 is 0 Å². The van der Waals surface area contributed by atoms with E-state index in [1.165, 1.54) is 0 Å². The van der Waals surface area contributed by atoms with Gasteiger partial charge in [-0.3, -0.25) is 4.79 Å². The predicted molar refractivity (Wildman–Crippen MR) is 76.3 cm³/mol. The first-order valence-electron chi connectivity index (χ1n) is 6.60. The highest BCUT2D eigenvalue weighted by molar-refractivity contribution is 6.04. The molecule has 0 aromatic heterocycles. The van der Waals surface area contributed by atoms with E-state index in [1.54, 1.807) is 4.90 Å². The van der Waals surface area contributed by atoms with Gasteiger partial charge in [0.2, 0.25) is 5.91 Å². The van der Waals surface area contributed by atoms with Crippen molar-refractivity contribution >= 4 is 22.4 Å². The quantitative estimate of drug-likeness (QED) is 0.825. The maximum absolute atomic E-state index is 12.4. The summed E-state index contributed by atoms with van der Waals surface area (Å²) in [7, 11) is 1.85. The van der Waals surface area contributed by atoms with Crippen molar-refractivity contribution in [3.63, 3.8) is 0 Å². The molecule has 3 heteroatoms. The molecule has 3 rings (SSSR count). The Bertz CT molecular complexity index is 597. The zero-order chi connectivity index (χ0) is 13.2. The summed E-state index contributed by atoms with van der Waals surface area (Å²) in [5, 5.41) is 2.27. The van der Waals surface area contributed by atoms with Crippen LogP contribution in [0.1, 0.15) is 6.42 Å². The van der Waals surface area contributed by atoms with Crippen molar-refractivity contribution in [2.75, 3.05) is 25.2 Å². The van der Waals surface area contributed by atoms with Crippen molar-refractivity contribution in [2.24, 2.45) is 5.92 Å². The van der Waals surface area contributed by atoms with Crippen molar-refractivity contribution in [1.82, 2.24) is 0 Å². The first-order valence-corrected chi connectivity index (χ1v) is 6.60. The number of benzene rings is 2. The van der Waals surface area contributed by atoms with Gasteiger partial charge in [-0.25, -0.2) is 0 Å². The van der Waals surface area contributed by atoms with E-state index in [0.717, 1.165) is 22.9 Å². The average molecular weight is 255 g/mol. The Balaban J connectivity index is 1.97. The molecule has 1 fully saturated rings. The summed E-state index contributed by atoms with van der Waals surface area (Å²) < 4.78 is 5.30. The van der Waals surface area contributed by atoms with Gasteiger partial charge in [0, 0.05) is 19.0 Å². The summed E-state index contributed by atoms with van der Waals surface area (Å²) in [6, 6.07) is 14.2. The lowest BCUT2D eigenvalue weighted by Crippen LogP contribution is -2.33. The lowest BCUT2D eigenvalue weighted by Gasteiger charge is -2.22. The molecule has 0 aliphatic carbocycles. The molecule has 1 heterocycles. The highest BCUT2D eigenvalue weighted by atomic mass is 16.5. The van der Waals surface area contributed by atoms with Crippen LogP contribution in [0.4, 0.5) is 5.69 Å². The summed E-state index contributed by atoms with van der Waals surface area (Å²) >= 11 is 0. The zero-order valence-electron chi connectivity index (χ0n) is 11.0. The van der Waals surface area contributed by atoms with Crippen LogP contribution in [0, 0.1) is 5.92 Å². The fraction of sp³-hybridized carbons (Fsp3) is 0.312. The molecule has 0 N–H and O–H groups in total. The number of anilines is 1. The molecule has 0 radical (unpaired) electrons. The molecule has 1 amide bonds. The lowest BCUT2D eigenvalue weighted by molar-refractivity contribution is -0.122. The average Bonchev–Trinajstić information content (AvgIpc) is 2.99. The number of carbonyl (C=O) groups excluding carboxylic acids is 1. The van der Waals surface area contributed by atoms with Crippen molar-refractivity contribution in [3.8, 4) is 0 Å². The summed E-state index contributed by atoms with van der Waals surface area (Å²) in [6.45, 7) is 1.24. The van der Waals surface area contributed by atoms with E-state index in [1.807, 2.05) is 31.3 Å². The molecule has 2 aromatic carbocycles. The molecule has 98 valence electrons. The molecule has 19 heavy (non-hydrogen) atoms. The second-order valence-electron chi connectivity index (χ2n) is 4.96. The van der Waals surface area contributed by atoms with Crippen LogP contribution in [0.5, 0.6) is 0 Å². The van der Waals surface area contributed by atoms with Crippen LogP contribution < -0.4 is 4.90 Å². The lowest BCUT2D eigenvalue weighted by atomic mass is 10.0. The zero-order valence-corrected chi connectivity index (χ0v) is 11.0. The van der Waals surface area contributed by atoms with Crippen LogP contribution in [0.25, 0.3) is 10.8 Å². The Labute approximate surface area is 112 Å². The van der Waals surface area contributed by atoms with Gasteiger partial charge in [0.05, 0.1) is 18.2 Å². The number of rotatable bonds is 2. The van der Waals surface area contributed by atoms with Gasteiger partial charge < -0.3 is 9.64 Å². The van der Waals surface area contributed by atoms with E-state index in [-0.39, 0.29) is 11.8 Å². The molecule has 1 aliphatic rings. The van der Waals surface area contributed by atoms with Crippen LogP contribution in [0.2, 0.25) is 0 Å². The maximum atomic E-state index is 12.4. The molecule has 1 unspecified atom stereocenters. The molecule has 0 bridgehead atoms. The number of amides is 1. The molecule has 1 atom stereocenters. The fourth-order valence-electron chi connectivity index (χ4n) is 2.62. The molecule has 3 nitrogen and oxygen atoms in total. The minimum absolute atomic E-state index is 0.00367. The highest BCUT2D eigenvalue weighted by Gasteiger charge is 2.27. The number of carbonyl (C=O) groups is 1. The van der Waals surface area contributed by atoms with Gasteiger partial charge in [0.15, 0.2) is 0 Å². The summed E-state index contributed by atoms with van der Waals surface area (Å²) in [4.78, 5) is 14.2. The van der Waals surface area contributed by atoms with Gasteiger partial charge in [-0.05, 0) is 17.9 Å². The van der Waals surface area contributed by atoms with Gasteiger partial charge in [-0.2, -0.15) is 0 Å². The first-order chi connectivity index (χ1) is 9.27. The predicted octanol–water partition coefficient (Wildman–Crippen LogP) is 2.84. The van der Waals surface area contributed by atoms with Gasteiger partial charge in [0.1, 0.15) is 0 Å². The third-order valence-corrected chi connectivity index (χ3v) is 3.74. The van der Waals surface area contributed by atoms with Crippen molar-refractivity contribution < 1.29 is 9.53 Å². The molecule has 0 saturated carbocycles. The number of fused-ring (bicyclic) bond motifs is 1. The summed E-state index contributed by atoms with van der Waals surface area (Å²) in [5.74, 6) is 0.151. The summed E-state index contributed by atoms with van der Waals surface area (Å²) in [5.41, 5.74) is 0.968. The van der Waals surface area contributed by atoms with Gasteiger partial charge in [-0.1, -0.05) is 36.4 Å². The minimum atomic E-state index is 0.00367. The third kappa shape index (κ3) is 2.22. The Kier molecular flexibility index (Phi) is 3.22. The smallest absolute Gasteiger partial charge is 0.232 e. The molecule has 0 spiro atoms. The van der Waals surface area contributed by atoms with Crippen LogP contribution in [0.3, 0.4) is 0 Å².